The van der Waals surface area contributed by atoms with Crippen LogP contribution >= 0.6 is 43.5 Å². The molecule has 0 fully saturated rings. The van der Waals surface area contributed by atoms with Gasteiger partial charge in [-0.3, -0.25) is 0 Å². The zero-order valence-electron chi connectivity index (χ0n) is 9.75. The maximum absolute atomic E-state index is 6.05. The SMILES string of the molecule is CNC(c1cccc(Cl)c1)c1cc(Br)cc(Br)c1. The van der Waals surface area contributed by atoms with Gasteiger partial charge in [0.2, 0.25) is 0 Å². The van der Waals surface area contributed by atoms with Crippen molar-refractivity contribution in [1.29, 1.82) is 0 Å². The number of hydrogen-bond acceptors (Lipinski definition) is 1. The summed E-state index contributed by atoms with van der Waals surface area (Å²) in [6.45, 7) is 0. The molecule has 2 aromatic carbocycles. The van der Waals surface area contributed by atoms with E-state index in [9.17, 15) is 0 Å². The van der Waals surface area contributed by atoms with Gasteiger partial charge in [-0.1, -0.05) is 55.6 Å². The summed E-state index contributed by atoms with van der Waals surface area (Å²) in [5, 5.41) is 4.07. The lowest BCUT2D eigenvalue weighted by Crippen LogP contribution is -2.17. The number of halogens is 3. The lowest BCUT2D eigenvalue weighted by atomic mass is 9.99. The Hall–Kier alpha value is -0.350. The maximum atomic E-state index is 6.05. The molecule has 94 valence electrons. The fraction of sp³-hybridized carbons (Fsp3) is 0.143. The Bertz CT molecular complexity index is 537. The number of nitrogens with one attached hydrogen (secondary N) is 1. The molecule has 2 rings (SSSR count). The second kappa shape index (κ2) is 6.20. The molecule has 1 nitrogen and oxygen atoms in total. The highest BCUT2D eigenvalue weighted by molar-refractivity contribution is 9.11. The minimum absolute atomic E-state index is 0.123. The van der Waals surface area contributed by atoms with Crippen molar-refractivity contribution in [3.8, 4) is 0 Å². The summed E-state index contributed by atoms with van der Waals surface area (Å²) in [6.07, 6.45) is 0. The lowest BCUT2D eigenvalue weighted by molar-refractivity contribution is 0.691. The van der Waals surface area contributed by atoms with Crippen LogP contribution in [0.3, 0.4) is 0 Å². The molecule has 0 saturated carbocycles. The summed E-state index contributed by atoms with van der Waals surface area (Å²) >= 11 is 13.1. The Morgan fingerprint density at radius 1 is 1.00 bits per heavy atom. The van der Waals surface area contributed by atoms with Crippen LogP contribution in [0.15, 0.2) is 51.4 Å². The van der Waals surface area contributed by atoms with Gasteiger partial charge in [-0.05, 0) is 48.5 Å². The molecule has 0 saturated heterocycles. The summed E-state index contributed by atoms with van der Waals surface area (Å²) in [5.41, 5.74) is 2.33. The average Bonchev–Trinajstić information content (AvgIpc) is 2.28. The van der Waals surface area contributed by atoms with Gasteiger partial charge in [0.05, 0.1) is 6.04 Å². The van der Waals surface area contributed by atoms with E-state index in [1.807, 2.05) is 31.3 Å². The standard InChI is InChI=1S/C14H12Br2ClN/c1-18-14(9-3-2-4-13(17)7-9)10-5-11(15)8-12(16)6-10/h2-8,14,18H,1H3. The Morgan fingerprint density at radius 2 is 1.67 bits per heavy atom. The summed E-state index contributed by atoms with van der Waals surface area (Å²) < 4.78 is 2.10. The monoisotopic (exact) mass is 387 g/mol. The Balaban J connectivity index is 2.45. The summed E-state index contributed by atoms with van der Waals surface area (Å²) in [7, 11) is 1.94. The fourth-order valence-electron chi connectivity index (χ4n) is 1.95. The van der Waals surface area contributed by atoms with Crippen molar-refractivity contribution in [3.63, 3.8) is 0 Å². The minimum Gasteiger partial charge on any atom is -0.309 e. The topological polar surface area (TPSA) is 12.0 Å². The Morgan fingerprint density at radius 3 is 2.22 bits per heavy atom. The van der Waals surface area contributed by atoms with Gasteiger partial charge < -0.3 is 5.32 Å². The van der Waals surface area contributed by atoms with Crippen molar-refractivity contribution in [2.24, 2.45) is 0 Å². The zero-order chi connectivity index (χ0) is 13.1. The molecular weight excluding hydrogens is 377 g/mol. The smallest absolute Gasteiger partial charge is 0.0575 e. The lowest BCUT2D eigenvalue weighted by Gasteiger charge is -2.18. The average molecular weight is 390 g/mol. The predicted molar refractivity (Wildman–Crippen MR) is 84.2 cm³/mol. The van der Waals surface area contributed by atoms with Gasteiger partial charge >= 0.3 is 0 Å². The van der Waals surface area contributed by atoms with Gasteiger partial charge in [-0.25, -0.2) is 0 Å². The van der Waals surface area contributed by atoms with Gasteiger partial charge in [0.1, 0.15) is 0 Å². The molecule has 0 heterocycles. The third-order valence-electron chi connectivity index (χ3n) is 2.69. The number of benzene rings is 2. The van der Waals surface area contributed by atoms with Crippen LogP contribution in [0.1, 0.15) is 17.2 Å². The summed E-state index contributed by atoms with van der Waals surface area (Å²) in [4.78, 5) is 0. The first kappa shape index (κ1) is 14.1. The molecule has 1 unspecified atom stereocenters. The van der Waals surface area contributed by atoms with Crippen LogP contribution in [0.5, 0.6) is 0 Å². The second-order valence-corrected chi connectivity index (χ2v) is 6.25. The third kappa shape index (κ3) is 3.35. The molecule has 4 heteroatoms. The van der Waals surface area contributed by atoms with Crippen molar-refractivity contribution >= 4 is 43.5 Å². The predicted octanol–water partition coefficient (Wildman–Crippen LogP) is 5.17. The van der Waals surface area contributed by atoms with Crippen LogP contribution in [-0.4, -0.2) is 7.05 Å². The largest absolute Gasteiger partial charge is 0.309 e. The first-order valence-corrected chi connectivity index (χ1v) is 7.45. The van der Waals surface area contributed by atoms with Gasteiger partial charge in [-0.15, -0.1) is 0 Å². The molecule has 0 radical (unpaired) electrons. The second-order valence-electron chi connectivity index (χ2n) is 3.98. The maximum Gasteiger partial charge on any atom is 0.0575 e. The molecule has 0 aliphatic rings. The number of hydrogen-bond donors (Lipinski definition) is 1. The van der Waals surface area contributed by atoms with Gasteiger partial charge in [0, 0.05) is 14.0 Å². The summed E-state index contributed by atoms with van der Waals surface area (Å²) in [5.74, 6) is 0. The van der Waals surface area contributed by atoms with Crippen molar-refractivity contribution in [3.05, 3.63) is 67.6 Å². The molecule has 0 amide bonds. The zero-order valence-corrected chi connectivity index (χ0v) is 13.7. The molecule has 18 heavy (non-hydrogen) atoms. The normalized spacial score (nSPS) is 12.4. The molecule has 1 atom stereocenters. The van der Waals surface area contributed by atoms with E-state index in [0.717, 1.165) is 19.5 Å². The van der Waals surface area contributed by atoms with E-state index in [1.54, 1.807) is 0 Å². The van der Waals surface area contributed by atoms with E-state index in [4.69, 9.17) is 11.6 Å². The van der Waals surface area contributed by atoms with Crippen LogP contribution in [0.4, 0.5) is 0 Å². The van der Waals surface area contributed by atoms with E-state index in [-0.39, 0.29) is 6.04 Å². The molecule has 0 aliphatic carbocycles. The Labute approximate surface area is 129 Å². The van der Waals surface area contributed by atoms with E-state index in [1.165, 1.54) is 5.56 Å². The van der Waals surface area contributed by atoms with Crippen molar-refractivity contribution in [2.75, 3.05) is 7.05 Å². The van der Waals surface area contributed by atoms with E-state index >= 15 is 0 Å². The first-order chi connectivity index (χ1) is 8.60. The molecule has 0 spiro atoms. The third-order valence-corrected chi connectivity index (χ3v) is 3.84. The highest BCUT2D eigenvalue weighted by atomic mass is 79.9. The van der Waals surface area contributed by atoms with Crippen molar-refractivity contribution in [2.45, 2.75) is 6.04 Å². The van der Waals surface area contributed by atoms with E-state index in [2.05, 4.69) is 55.4 Å². The van der Waals surface area contributed by atoms with Crippen molar-refractivity contribution < 1.29 is 0 Å². The van der Waals surface area contributed by atoms with Crippen LogP contribution in [0.2, 0.25) is 5.02 Å². The first-order valence-electron chi connectivity index (χ1n) is 5.49. The molecule has 1 N–H and O–H groups in total. The number of rotatable bonds is 3. The molecular formula is C14H12Br2ClN. The van der Waals surface area contributed by atoms with Crippen LogP contribution in [-0.2, 0) is 0 Å². The van der Waals surface area contributed by atoms with Gasteiger partial charge in [0.25, 0.3) is 0 Å². The minimum atomic E-state index is 0.123. The van der Waals surface area contributed by atoms with Crippen LogP contribution in [0, 0.1) is 0 Å². The molecule has 0 bridgehead atoms. The molecule has 2 aromatic rings. The highest BCUT2D eigenvalue weighted by Crippen LogP contribution is 2.29. The van der Waals surface area contributed by atoms with Crippen LogP contribution in [0.25, 0.3) is 0 Å². The molecule has 0 aliphatic heterocycles. The highest BCUT2D eigenvalue weighted by Gasteiger charge is 2.13. The quantitative estimate of drug-likeness (QED) is 0.763. The van der Waals surface area contributed by atoms with E-state index < -0.39 is 0 Å². The summed E-state index contributed by atoms with van der Waals surface area (Å²) in [6, 6.07) is 14.3. The van der Waals surface area contributed by atoms with Crippen LogP contribution < -0.4 is 5.32 Å². The van der Waals surface area contributed by atoms with Crippen molar-refractivity contribution in [1.82, 2.24) is 5.32 Å². The van der Waals surface area contributed by atoms with E-state index in [0.29, 0.717) is 0 Å². The fourth-order valence-corrected chi connectivity index (χ4v) is 3.48. The van der Waals surface area contributed by atoms with Gasteiger partial charge in [0.15, 0.2) is 0 Å². The Kier molecular flexibility index (Phi) is 4.84. The van der Waals surface area contributed by atoms with Gasteiger partial charge in [-0.2, -0.15) is 0 Å². The molecule has 0 aromatic heterocycles.